The van der Waals surface area contributed by atoms with Crippen molar-refractivity contribution >= 4 is 11.7 Å². The first kappa shape index (κ1) is 18.7. The highest BCUT2D eigenvalue weighted by atomic mass is 16.6. The quantitative estimate of drug-likeness (QED) is 0.628. The Kier molecular flexibility index (Phi) is 6.16. The highest BCUT2D eigenvalue weighted by Gasteiger charge is 2.30. The van der Waals surface area contributed by atoms with E-state index < -0.39 is 4.92 Å². The van der Waals surface area contributed by atoms with Crippen molar-refractivity contribution in [1.82, 2.24) is 14.8 Å². The van der Waals surface area contributed by atoms with Crippen LogP contribution in [0.3, 0.4) is 0 Å². The summed E-state index contributed by atoms with van der Waals surface area (Å²) in [5, 5.41) is 10.8. The normalized spacial score (nSPS) is 20.3. The number of aromatic nitrogens is 1. The molecule has 0 aliphatic carbocycles. The first-order valence-electron chi connectivity index (χ1n) is 9.37. The number of carbonyl (C=O) groups excluding carboxylic acids is 1. The third-order valence-corrected chi connectivity index (χ3v) is 5.60. The van der Waals surface area contributed by atoms with E-state index in [0.29, 0.717) is 24.9 Å². The van der Waals surface area contributed by atoms with Gasteiger partial charge in [-0.3, -0.25) is 9.69 Å². The van der Waals surface area contributed by atoms with Gasteiger partial charge in [0.05, 0.1) is 0 Å². The van der Waals surface area contributed by atoms with Gasteiger partial charge in [-0.25, -0.2) is 0 Å². The molecule has 2 aliphatic rings. The lowest BCUT2D eigenvalue weighted by molar-refractivity contribution is -0.389. The minimum atomic E-state index is -0.470. The third-order valence-electron chi connectivity index (χ3n) is 5.60. The van der Waals surface area contributed by atoms with E-state index in [9.17, 15) is 14.9 Å². The van der Waals surface area contributed by atoms with Gasteiger partial charge in [0, 0.05) is 31.6 Å². The Labute approximate surface area is 153 Å². The molecule has 3 rings (SSSR count). The van der Waals surface area contributed by atoms with Gasteiger partial charge in [0.15, 0.2) is 0 Å². The number of hydrogen-bond acceptors (Lipinski definition) is 6. The van der Waals surface area contributed by atoms with Crippen LogP contribution in [0.15, 0.2) is 18.3 Å². The van der Waals surface area contributed by atoms with Crippen molar-refractivity contribution in [2.24, 2.45) is 17.6 Å². The average molecular weight is 361 g/mol. The van der Waals surface area contributed by atoms with E-state index in [1.807, 2.05) is 11.0 Å². The van der Waals surface area contributed by atoms with E-state index in [0.717, 1.165) is 57.4 Å². The molecule has 2 saturated heterocycles. The van der Waals surface area contributed by atoms with Crippen LogP contribution in [-0.4, -0.2) is 58.3 Å². The van der Waals surface area contributed by atoms with E-state index >= 15 is 0 Å². The maximum Gasteiger partial charge on any atom is 0.363 e. The summed E-state index contributed by atoms with van der Waals surface area (Å²) in [5.41, 5.74) is 6.61. The number of hydrogen-bond donors (Lipinski definition) is 1. The summed E-state index contributed by atoms with van der Waals surface area (Å²) in [6.45, 7) is 4.72. The average Bonchev–Trinajstić information content (AvgIpc) is 2.68. The lowest BCUT2D eigenvalue weighted by Gasteiger charge is -2.37. The van der Waals surface area contributed by atoms with E-state index in [4.69, 9.17) is 5.73 Å². The molecule has 2 fully saturated rings. The molecule has 8 heteroatoms. The standard InChI is InChI=1S/C18H27N5O3/c19-12-14-2-9-22(10-3-14)18(24)16-4-7-21(8-5-16)13-15-1-6-20-17(11-15)23(25)26/h1,6,11,14,16H,2-5,7-10,12-13,19H2. The molecule has 0 spiro atoms. The highest BCUT2D eigenvalue weighted by molar-refractivity contribution is 5.79. The van der Waals surface area contributed by atoms with Gasteiger partial charge in [0.25, 0.3) is 0 Å². The van der Waals surface area contributed by atoms with Gasteiger partial charge in [-0.1, -0.05) is 0 Å². The predicted molar refractivity (Wildman–Crippen MR) is 97.3 cm³/mol. The molecule has 1 aromatic heterocycles. The molecule has 0 bridgehead atoms. The van der Waals surface area contributed by atoms with Gasteiger partial charge in [-0.15, -0.1) is 0 Å². The van der Waals surface area contributed by atoms with E-state index in [1.54, 1.807) is 0 Å². The Balaban J connectivity index is 1.47. The molecule has 3 heterocycles. The summed E-state index contributed by atoms with van der Waals surface area (Å²) in [7, 11) is 0. The maximum absolute atomic E-state index is 12.7. The molecule has 8 nitrogen and oxygen atoms in total. The van der Waals surface area contributed by atoms with E-state index in [-0.39, 0.29) is 11.7 Å². The molecule has 0 atom stereocenters. The van der Waals surface area contributed by atoms with Gasteiger partial charge in [0.2, 0.25) is 5.91 Å². The van der Waals surface area contributed by atoms with Crippen molar-refractivity contribution in [3.8, 4) is 0 Å². The zero-order chi connectivity index (χ0) is 18.5. The molecular formula is C18H27N5O3. The number of nitro groups is 1. The van der Waals surface area contributed by atoms with E-state index in [2.05, 4.69) is 9.88 Å². The summed E-state index contributed by atoms with van der Waals surface area (Å²) in [6, 6.07) is 3.34. The number of nitrogens with zero attached hydrogens (tertiary/aromatic N) is 4. The number of amides is 1. The predicted octanol–water partition coefficient (Wildman–Crippen LogP) is 1.40. The van der Waals surface area contributed by atoms with Crippen molar-refractivity contribution in [2.45, 2.75) is 32.2 Å². The zero-order valence-electron chi connectivity index (χ0n) is 15.0. The topological polar surface area (TPSA) is 106 Å². The molecule has 1 aromatic rings. The Hall–Kier alpha value is -2.06. The first-order chi connectivity index (χ1) is 12.6. The fourth-order valence-electron chi connectivity index (χ4n) is 3.90. The molecule has 1 amide bonds. The molecule has 0 unspecified atom stereocenters. The number of carbonyl (C=O) groups is 1. The molecule has 0 radical (unpaired) electrons. The largest absolute Gasteiger partial charge is 0.363 e. The van der Waals surface area contributed by atoms with Crippen LogP contribution in [0, 0.1) is 22.0 Å². The Morgan fingerprint density at radius 3 is 2.54 bits per heavy atom. The summed E-state index contributed by atoms with van der Waals surface area (Å²) >= 11 is 0. The highest BCUT2D eigenvalue weighted by Crippen LogP contribution is 2.24. The van der Waals surface area contributed by atoms with Crippen molar-refractivity contribution in [3.05, 3.63) is 34.0 Å². The van der Waals surface area contributed by atoms with Crippen LogP contribution in [0.4, 0.5) is 5.82 Å². The lowest BCUT2D eigenvalue weighted by atomic mass is 9.92. The van der Waals surface area contributed by atoms with Crippen LogP contribution >= 0.6 is 0 Å². The van der Waals surface area contributed by atoms with Crippen molar-refractivity contribution < 1.29 is 9.72 Å². The maximum atomic E-state index is 12.7. The van der Waals surface area contributed by atoms with Crippen LogP contribution in [0.25, 0.3) is 0 Å². The summed E-state index contributed by atoms with van der Waals surface area (Å²) in [4.78, 5) is 31.1. The van der Waals surface area contributed by atoms with E-state index in [1.165, 1.54) is 12.3 Å². The Morgan fingerprint density at radius 2 is 1.92 bits per heavy atom. The Bertz CT molecular complexity index is 637. The molecule has 0 aromatic carbocycles. The van der Waals surface area contributed by atoms with Crippen molar-refractivity contribution in [1.29, 1.82) is 0 Å². The second kappa shape index (κ2) is 8.55. The molecule has 2 aliphatic heterocycles. The molecule has 142 valence electrons. The third kappa shape index (κ3) is 4.56. The monoisotopic (exact) mass is 361 g/mol. The second-order valence-electron chi connectivity index (χ2n) is 7.33. The van der Waals surface area contributed by atoms with Crippen LogP contribution < -0.4 is 5.73 Å². The number of rotatable bonds is 5. The van der Waals surface area contributed by atoms with Crippen LogP contribution in [0.2, 0.25) is 0 Å². The molecular weight excluding hydrogens is 334 g/mol. The van der Waals surface area contributed by atoms with Gasteiger partial charge >= 0.3 is 5.82 Å². The van der Waals surface area contributed by atoms with Gasteiger partial charge in [-0.05, 0) is 72.8 Å². The number of nitrogens with two attached hydrogens (primary N) is 1. The van der Waals surface area contributed by atoms with Gasteiger partial charge in [-0.2, -0.15) is 0 Å². The lowest BCUT2D eigenvalue weighted by Crippen LogP contribution is -2.46. The molecule has 0 saturated carbocycles. The Morgan fingerprint density at radius 1 is 1.23 bits per heavy atom. The van der Waals surface area contributed by atoms with Crippen molar-refractivity contribution in [3.63, 3.8) is 0 Å². The van der Waals surface area contributed by atoms with Gasteiger partial charge < -0.3 is 20.7 Å². The van der Waals surface area contributed by atoms with Crippen LogP contribution in [-0.2, 0) is 11.3 Å². The number of likely N-dealkylation sites (tertiary alicyclic amines) is 2. The van der Waals surface area contributed by atoms with Crippen LogP contribution in [0.5, 0.6) is 0 Å². The summed E-state index contributed by atoms with van der Waals surface area (Å²) in [5.74, 6) is 0.839. The first-order valence-corrected chi connectivity index (χ1v) is 9.37. The zero-order valence-corrected chi connectivity index (χ0v) is 15.0. The molecule has 26 heavy (non-hydrogen) atoms. The smallest absolute Gasteiger partial charge is 0.358 e. The summed E-state index contributed by atoms with van der Waals surface area (Å²) < 4.78 is 0. The fraction of sp³-hybridized carbons (Fsp3) is 0.667. The van der Waals surface area contributed by atoms with Gasteiger partial charge in [0.1, 0.15) is 6.20 Å². The number of piperidine rings is 2. The minimum Gasteiger partial charge on any atom is -0.358 e. The number of pyridine rings is 1. The SMILES string of the molecule is NCC1CCN(C(=O)C2CCN(Cc3ccnc([N+](=O)[O-])c3)CC2)CC1. The van der Waals surface area contributed by atoms with Crippen molar-refractivity contribution in [2.75, 3.05) is 32.7 Å². The minimum absolute atomic E-state index is 0.104. The fourth-order valence-corrected chi connectivity index (χ4v) is 3.90. The second-order valence-corrected chi connectivity index (χ2v) is 7.33. The molecule has 2 N–H and O–H groups in total. The van der Waals surface area contributed by atoms with Crippen LogP contribution in [0.1, 0.15) is 31.2 Å². The summed E-state index contributed by atoms with van der Waals surface area (Å²) in [6.07, 6.45) is 5.21.